The summed E-state index contributed by atoms with van der Waals surface area (Å²) in [4.78, 5) is 20.7. The number of halogens is 3. The van der Waals surface area contributed by atoms with E-state index in [9.17, 15) is 13.2 Å². The SMILES string of the molecule is FC(F)(F)COc1ccnc(Oc2ccc(CCNc3ncnc4nccnc34)cc2)c1. The first kappa shape index (κ1) is 21.2. The molecule has 4 rings (SSSR count). The molecule has 0 aliphatic heterocycles. The van der Waals surface area contributed by atoms with Gasteiger partial charge in [-0.05, 0) is 30.2 Å². The first-order chi connectivity index (χ1) is 15.5. The Morgan fingerprint density at radius 1 is 0.844 bits per heavy atom. The van der Waals surface area contributed by atoms with E-state index in [1.165, 1.54) is 24.7 Å². The molecule has 3 heterocycles. The first-order valence-electron chi connectivity index (χ1n) is 9.54. The Morgan fingerprint density at radius 2 is 1.66 bits per heavy atom. The lowest BCUT2D eigenvalue weighted by Crippen LogP contribution is -2.19. The molecule has 0 aliphatic carbocycles. The van der Waals surface area contributed by atoms with Crippen LogP contribution in [0.1, 0.15) is 5.56 Å². The van der Waals surface area contributed by atoms with Crippen LogP contribution in [0.25, 0.3) is 11.2 Å². The Kier molecular flexibility index (Phi) is 6.24. The van der Waals surface area contributed by atoms with E-state index in [2.05, 4.69) is 30.2 Å². The molecule has 3 aromatic heterocycles. The number of hydrogen-bond acceptors (Lipinski definition) is 8. The van der Waals surface area contributed by atoms with Crippen molar-refractivity contribution in [3.63, 3.8) is 0 Å². The summed E-state index contributed by atoms with van der Waals surface area (Å²) in [5, 5.41) is 3.23. The van der Waals surface area contributed by atoms with Crippen molar-refractivity contribution in [2.45, 2.75) is 12.6 Å². The molecule has 0 aliphatic rings. The van der Waals surface area contributed by atoms with Crippen LogP contribution in [0.15, 0.2) is 61.3 Å². The Bertz CT molecular complexity index is 1180. The molecule has 0 bridgehead atoms. The minimum Gasteiger partial charge on any atom is -0.484 e. The van der Waals surface area contributed by atoms with Crippen molar-refractivity contribution in [2.24, 2.45) is 0 Å². The number of benzene rings is 1. The van der Waals surface area contributed by atoms with Crippen molar-refractivity contribution in [2.75, 3.05) is 18.5 Å². The van der Waals surface area contributed by atoms with E-state index >= 15 is 0 Å². The zero-order valence-corrected chi connectivity index (χ0v) is 16.6. The maximum atomic E-state index is 12.3. The van der Waals surface area contributed by atoms with Crippen molar-refractivity contribution >= 4 is 17.0 Å². The van der Waals surface area contributed by atoms with Crippen molar-refractivity contribution in [3.05, 3.63) is 66.9 Å². The zero-order valence-electron chi connectivity index (χ0n) is 16.6. The van der Waals surface area contributed by atoms with E-state index < -0.39 is 12.8 Å². The number of hydrogen-bond donors (Lipinski definition) is 1. The summed E-state index contributed by atoms with van der Waals surface area (Å²) in [5.41, 5.74) is 2.17. The van der Waals surface area contributed by atoms with Gasteiger partial charge in [-0.25, -0.2) is 24.9 Å². The van der Waals surface area contributed by atoms with Gasteiger partial charge in [-0.15, -0.1) is 0 Å². The summed E-state index contributed by atoms with van der Waals surface area (Å²) in [7, 11) is 0. The third-order valence-electron chi connectivity index (χ3n) is 4.23. The van der Waals surface area contributed by atoms with Crippen molar-refractivity contribution in [1.29, 1.82) is 0 Å². The molecule has 164 valence electrons. The smallest absolute Gasteiger partial charge is 0.422 e. The molecule has 0 amide bonds. The molecule has 1 N–H and O–H groups in total. The highest BCUT2D eigenvalue weighted by Gasteiger charge is 2.28. The molecule has 11 heteroatoms. The molecule has 0 fully saturated rings. The summed E-state index contributed by atoms with van der Waals surface area (Å²) < 4.78 is 47.2. The van der Waals surface area contributed by atoms with Gasteiger partial charge in [0.2, 0.25) is 5.88 Å². The maximum absolute atomic E-state index is 12.3. The minimum atomic E-state index is -4.41. The van der Waals surface area contributed by atoms with E-state index in [-0.39, 0.29) is 11.6 Å². The number of rotatable bonds is 8. The van der Waals surface area contributed by atoms with Crippen molar-refractivity contribution in [3.8, 4) is 17.4 Å². The molecule has 32 heavy (non-hydrogen) atoms. The van der Waals surface area contributed by atoms with Crippen LogP contribution in [-0.4, -0.2) is 44.2 Å². The Balaban J connectivity index is 1.31. The normalized spacial score (nSPS) is 11.3. The number of pyridine rings is 1. The largest absolute Gasteiger partial charge is 0.484 e. The summed E-state index contributed by atoms with van der Waals surface area (Å²) >= 11 is 0. The summed E-state index contributed by atoms with van der Waals surface area (Å²) in [6.45, 7) is -0.764. The van der Waals surface area contributed by atoms with Gasteiger partial charge in [0.1, 0.15) is 23.3 Å². The second kappa shape index (κ2) is 9.41. The lowest BCUT2D eigenvalue weighted by Gasteiger charge is -2.11. The van der Waals surface area contributed by atoms with Crippen molar-refractivity contribution < 1.29 is 22.6 Å². The molecule has 0 radical (unpaired) electrons. The van der Waals surface area contributed by atoms with Crippen LogP contribution in [-0.2, 0) is 6.42 Å². The van der Waals surface area contributed by atoms with Gasteiger partial charge in [-0.3, -0.25) is 0 Å². The van der Waals surface area contributed by atoms with E-state index in [4.69, 9.17) is 9.47 Å². The summed E-state index contributed by atoms with van der Waals surface area (Å²) in [5.74, 6) is 1.27. The van der Waals surface area contributed by atoms with Gasteiger partial charge in [0.05, 0.1) is 0 Å². The van der Waals surface area contributed by atoms with Crippen LogP contribution >= 0.6 is 0 Å². The molecule has 0 atom stereocenters. The van der Waals surface area contributed by atoms with Gasteiger partial charge in [0.15, 0.2) is 18.1 Å². The van der Waals surface area contributed by atoms with Gasteiger partial charge in [0, 0.05) is 31.2 Å². The first-order valence-corrected chi connectivity index (χ1v) is 9.54. The quantitative estimate of drug-likeness (QED) is 0.434. The van der Waals surface area contributed by atoms with Crippen LogP contribution < -0.4 is 14.8 Å². The second-order valence-electron chi connectivity index (χ2n) is 6.61. The van der Waals surface area contributed by atoms with E-state index in [0.717, 1.165) is 5.56 Å². The fourth-order valence-corrected chi connectivity index (χ4v) is 2.80. The highest BCUT2D eigenvalue weighted by atomic mass is 19.4. The molecule has 0 unspecified atom stereocenters. The Labute approximate surface area is 180 Å². The van der Waals surface area contributed by atoms with E-state index in [1.54, 1.807) is 24.5 Å². The fourth-order valence-electron chi connectivity index (χ4n) is 2.80. The van der Waals surface area contributed by atoms with Gasteiger partial charge < -0.3 is 14.8 Å². The predicted octanol–water partition coefficient (Wildman–Crippen LogP) is 4.20. The topological polar surface area (TPSA) is 94.9 Å². The number of alkyl halides is 3. The van der Waals surface area contributed by atoms with Crippen LogP contribution in [0.5, 0.6) is 17.4 Å². The minimum absolute atomic E-state index is 0.0250. The fraction of sp³-hybridized carbons (Fsp3) is 0.190. The molecule has 1 aromatic carbocycles. The molecule has 4 aromatic rings. The van der Waals surface area contributed by atoms with Crippen LogP contribution in [0.4, 0.5) is 19.0 Å². The summed E-state index contributed by atoms with van der Waals surface area (Å²) in [6.07, 6.45) is 2.21. The molecule has 0 spiro atoms. The van der Waals surface area contributed by atoms with Gasteiger partial charge >= 0.3 is 6.18 Å². The number of anilines is 1. The summed E-state index contributed by atoms with van der Waals surface area (Å²) in [6, 6.07) is 9.93. The molecule has 0 saturated carbocycles. The number of fused-ring (bicyclic) bond motifs is 1. The standard InChI is InChI=1S/C21H17F3N6O2/c22-21(23,24)12-31-16-6-8-25-17(11-16)32-15-3-1-14(2-4-15)5-7-27-19-18-20(30-13-29-19)28-10-9-26-18/h1-4,6,8-11,13H,5,7,12H2,(H,27,28,29,30). The maximum Gasteiger partial charge on any atom is 0.422 e. The number of ether oxygens (including phenoxy) is 2. The van der Waals surface area contributed by atoms with Crippen LogP contribution in [0, 0.1) is 0 Å². The number of nitrogens with one attached hydrogen (secondary N) is 1. The van der Waals surface area contributed by atoms with Gasteiger partial charge in [-0.1, -0.05) is 12.1 Å². The average Bonchev–Trinajstić information content (AvgIpc) is 2.79. The zero-order chi connectivity index (χ0) is 22.4. The number of aromatic nitrogens is 5. The van der Waals surface area contributed by atoms with Gasteiger partial charge in [0.25, 0.3) is 0 Å². The van der Waals surface area contributed by atoms with Gasteiger partial charge in [-0.2, -0.15) is 13.2 Å². The highest BCUT2D eigenvalue weighted by Crippen LogP contribution is 2.25. The molecular weight excluding hydrogens is 425 g/mol. The predicted molar refractivity (Wildman–Crippen MR) is 110 cm³/mol. The Morgan fingerprint density at radius 3 is 2.47 bits per heavy atom. The second-order valence-corrected chi connectivity index (χ2v) is 6.61. The lowest BCUT2D eigenvalue weighted by atomic mass is 10.1. The molecule has 0 saturated heterocycles. The third kappa shape index (κ3) is 5.78. The molecule has 8 nitrogen and oxygen atoms in total. The van der Waals surface area contributed by atoms with E-state index in [0.29, 0.717) is 35.7 Å². The van der Waals surface area contributed by atoms with Crippen molar-refractivity contribution in [1.82, 2.24) is 24.9 Å². The lowest BCUT2D eigenvalue weighted by molar-refractivity contribution is -0.153. The Hall–Kier alpha value is -4.02. The monoisotopic (exact) mass is 442 g/mol. The van der Waals surface area contributed by atoms with Crippen LogP contribution in [0.3, 0.4) is 0 Å². The number of nitrogens with zero attached hydrogens (tertiary/aromatic N) is 5. The van der Waals surface area contributed by atoms with Crippen LogP contribution in [0.2, 0.25) is 0 Å². The van der Waals surface area contributed by atoms with E-state index in [1.807, 2.05) is 12.1 Å². The highest BCUT2D eigenvalue weighted by molar-refractivity contribution is 5.81. The average molecular weight is 442 g/mol. The third-order valence-corrected chi connectivity index (χ3v) is 4.23. The molecular formula is C21H17F3N6O2.